The fraction of sp³-hybridized carbons (Fsp3) is 0.538. The number of carbonyl (C=O) groups is 2. The van der Waals surface area contributed by atoms with Crippen molar-refractivity contribution >= 4 is 40.2 Å². The Labute approximate surface area is 136 Å². The van der Waals surface area contributed by atoms with Crippen LogP contribution in [-0.2, 0) is 4.74 Å². The van der Waals surface area contributed by atoms with Gasteiger partial charge in [0.2, 0.25) is 0 Å². The van der Waals surface area contributed by atoms with Gasteiger partial charge in [-0.1, -0.05) is 0 Å². The van der Waals surface area contributed by atoms with E-state index in [2.05, 4.69) is 15.3 Å². The highest BCUT2D eigenvalue weighted by Crippen LogP contribution is 2.32. The molecule has 7 nitrogen and oxygen atoms in total. The molecule has 0 bridgehead atoms. The molecule has 1 aromatic heterocycles. The van der Waals surface area contributed by atoms with E-state index >= 15 is 0 Å². The van der Waals surface area contributed by atoms with Crippen molar-refractivity contribution in [3.63, 3.8) is 0 Å². The number of alkyl carbamates (subject to hydrolysis) is 1. The van der Waals surface area contributed by atoms with Gasteiger partial charge in [-0.15, -0.1) is 23.1 Å². The Bertz CT molecular complexity index is 607. The summed E-state index contributed by atoms with van der Waals surface area (Å²) in [6.07, 6.45) is -0.485. The number of ether oxygens (including phenoxy) is 1. The number of carboxylic acids is 1. The van der Waals surface area contributed by atoms with Gasteiger partial charge in [-0.3, -0.25) is 4.99 Å². The highest BCUT2D eigenvalue weighted by molar-refractivity contribution is 8.14. The monoisotopic (exact) mass is 343 g/mol. The molecule has 1 amide bonds. The molecule has 0 spiro atoms. The molecular weight excluding hydrogens is 326 g/mol. The molecule has 1 aromatic rings. The Morgan fingerprint density at radius 1 is 1.50 bits per heavy atom. The van der Waals surface area contributed by atoms with Crippen LogP contribution in [0.4, 0.5) is 4.79 Å². The van der Waals surface area contributed by atoms with Crippen molar-refractivity contribution in [1.29, 1.82) is 0 Å². The highest BCUT2D eigenvalue weighted by atomic mass is 32.2. The number of hydrogen-bond acceptors (Lipinski definition) is 7. The van der Waals surface area contributed by atoms with Crippen LogP contribution in [-0.4, -0.2) is 45.1 Å². The number of nitrogens with zero attached hydrogens (tertiary/aromatic N) is 2. The molecule has 0 saturated carbocycles. The largest absolute Gasteiger partial charge is 0.476 e. The molecule has 0 aromatic carbocycles. The van der Waals surface area contributed by atoms with Crippen molar-refractivity contribution in [2.24, 2.45) is 4.99 Å². The molecule has 1 aliphatic rings. The highest BCUT2D eigenvalue weighted by Gasteiger charge is 2.24. The van der Waals surface area contributed by atoms with Crippen molar-refractivity contribution in [2.75, 3.05) is 12.3 Å². The zero-order valence-electron chi connectivity index (χ0n) is 12.5. The fourth-order valence-electron chi connectivity index (χ4n) is 1.65. The maximum absolute atomic E-state index is 11.6. The number of hydrogen-bond donors (Lipinski definition) is 2. The average molecular weight is 343 g/mol. The molecule has 0 saturated heterocycles. The van der Waals surface area contributed by atoms with Crippen molar-refractivity contribution in [2.45, 2.75) is 32.4 Å². The third-order valence-electron chi connectivity index (χ3n) is 2.52. The third-order valence-corrected chi connectivity index (χ3v) is 4.53. The van der Waals surface area contributed by atoms with Gasteiger partial charge in [-0.05, 0) is 20.8 Å². The zero-order chi connectivity index (χ0) is 16.3. The summed E-state index contributed by atoms with van der Waals surface area (Å²) in [5.74, 6) is -0.346. The number of carbonyl (C=O) groups excluding carboxylic acids is 1. The molecule has 0 unspecified atom stereocenters. The first-order valence-corrected chi connectivity index (χ1v) is 8.46. The summed E-state index contributed by atoms with van der Waals surface area (Å²) in [4.78, 5) is 30.9. The number of aliphatic imine (C=N–C) groups is 1. The van der Waals surface area contributed by atoms with E-state index in [1.807, 2.05) is 0 Å². The Morgan fingerprint density at radius 3 is 2.82 bits per heavy atom. The van der Waals surface area contributed by atoms with Crippen LogP contribution in [0.15, 0.2) is 10.4 Å². The second kappa shape index (κ2) is 6.66. The number of nitrogens with one attached hydrogen (secondary N) is 1. The summed E-state index contributed by atoms with van der Waals surface area (Å²) < 4.78 is 5.15. The lowest BCUT2D eigenvalue weighted by molar-refractivity contribution is 0.0535. The van der Waals surface area contributed by atoms with Crippen LogP contribution in [0, 0.1) is 0 Å². The van der Waals surface area contributed by atoms with Gasteiger partial charge < -0.3 is 15.2 Å². The van der Waals surface area contributed by atoms with E-state index in [-0.39, 0.29) is 11.7 Å². The molecule has 120 valence electrons. The van der Waals surface area contributed by atoms with Gasteiger partial charge >= 0.3 is 12.1 Å². The lowest BCUT2D eigenvalue weighted by atomic mass is 10.2. The number of thioether (sulfide) groups is 1. The van der Waals surface area contributed by atoms with Gasteiger partial charge in [0.05, 0.1) is 11.6 Å². The molecule has 2 rings (SSSR count). The predicted octanol–water partition coefficient (Wildman–Crippen LogP) is 2.55. The van der Waals surface area contributed by atoms with Crippen molar-refractivity contribution in [1.82, 2.24) is 10.3 Å². The second-order valence-electron chi connectivity index (χ2n) is 5.58. The minimum Gasteiger partial charge on any atom is -0.476 e. The first kappa shape index (κ1) is 16.8. The Balaban J connectivity index is 1.89. The van der Waals surface area contributed by atoms with Gasteiger partial charge in [0, 0.05) is 11.1 Å². The minimum atomic E-state index is -1.04. The van der Waals surface area contributed by atoms with Crippen molar-refractivity contribution < 1.29 is 19.4 Å². The minimum absolute atomic E-state index is 0.0422. The molecule has 1 aliphatic heterocycles. The van der Waals surface area contributed by atoms with Crippen LogP contribution in [0.25, 0.3) is 0 Å². The van der Waals surface area contributed by atoms with Gasteiger partial charge in [0.15, 0.2) is 5.69 Å². The lowest BCUT2D eigenvalue weighted by Crippen LogP contribution is -2.34. The maximum atomic E-state index is 11.6. The van der Waals surface area contributed by atoms with Crippen molar-refractivity contribution in [3.8, 4) is 0 Å². The van der Waals surface area contributed by atoms with Crippen LogP contribution in [0.2, 0.25) is 0 Å². The SMILES string of the molecule is CC(C)(C)OC(=O)NCC1=N[C@H](c2nc(C(=O)O)cs2)CS1. The number of aromatic carboxylic acids is 1. The van der Waals surface area contributed by atoms with E-state index in [1.165, 1.54) is 28.5 Å². The summed E-state index contributed by atoms with van der Waals surface area (Å²) in [5.41, 5.74) is -0.494. The predicted molar refractivity (Wildman–Crippen MR) is 85.9 cm³/mol. The molecule has 0 aliphatic carbocycles. The molecule has 0 radical (unpaired) electrons. The Hall–Kier alpha value is -1.61. The number of thiazole rings is 1. The number of amides is 1. The Morgan fingerprint density at radius 2 is 2.23 bits per heavy atom. The third kappa shape index (κ3) is 4.70. The summed E-state index contributed by atoms with van der Waals surface area (Å²) in [7, 11) is 0. The topological polar surface area (TPSA) is 101 Å². The standard InChI is InChI=1S/C13H17N3O4S2/c1-13(2,3)20-12(19)14-4-9-15-7(5-21-9)10-16-8(6-22-10)11(17)18/h6-7H,4-5H2,1-3H3,(H,14,19)(H,17,18)/t7-/m0/s1. The average Bonchev–Trinajstić information content (AvgIpc) is 3.03. The summed E-state index contributed by atoms with van der Waals surface area (Å²) >= 11 is 2.81. The van der Waals surface area contributed by atoms with Crippen LogP contribution >= 0.6 is 23.1 Å². The molecule has 2 N–H and O–H groups in total. The van der Waals surface area contributed by atoms with Crippen LogP contribution in [0.1, 0.15) is 42.3 Å². The van der Waals surface area contributed by atoms with Crippen molar-refractivity contribution in [3.05, 3.63) is 16.1 Å². The van der Waals surface area contributed by atoms with Crippen LogP contribution in [0.3, 0.4) is 0 Å². The smallest absolute Gasteiger partial charge is 0.407 e. The molecule has 9 heteroatoms. The Kier molecular flexibility index (Phi) is 5.07. The fourth-order valence-corrected chi connectivity index (χ4v) is 3.54. The summed E-state index contributed by atoms with van der Waals surface area (Å²) in [6.45, 7) is 5.69. The summed E-state index contributed by atoms with van der Waals surface area (Å²) in [5, 5.41) is 14.5. The van der Waals surface area contributed by atoms with E-state index < -0.39 is 17.7 Å². The molecule has 2 heterocycles. The summed E-state index contributed by atoms with van der Waals surface area (Å²) in [6, 6.07) is -0.154. The lowest BCUT2D eigenvalue weighted by Gasteiger charge is -2.19. The van der Waals surface area contributed by atoms with E-state index in [1.54, 1.807) is 20.8 Å². The molecule has 22 heavy (non-hydrogen) atoms. The van der Waals surface area contributed by atoms with Crippen LogP contribution < -0.4 is 5.32 Å². The first-order chi connectivity index (χ1) is 10.2. The van der Waals surface area contributed by atoms with E-state index in [0.29, 0.717) is 17.3 Å². The van der Waals surface area contributed by atoms with Gasteiger partial charge in [-0.2, -0.15) is 0 Å². The van der Waals surface area contributed by atoms with E-state index in [9.17, 15) is 9.59 Å². The first-order valence-electron chi connectivity index (χ1n) is 6.59. The van der Waals surface area contributed by atoms with Gasteiger partial charge in [0.25, 0.3) is 0 Å². The van der Waals surface area contributed by atoms with Crippen LogP contribution in [0.5, 0.6) is 0 Å². The second-order valence-corrected chi connectivity index (χ2v) is 7.56. The number of carboxylic acid groups (broad SMARTS) is 1. The molecule has 1 atom stereocenters. The number of aromatic nitrogens is 1. The normalized spacial score (nSPS) is 18.0. The zero-order valence-corrected chi connectivity index (χ0v) is 14.1. The number of rotatable bonds is 4. The molecule has 0 fully saturated rings. The molecular formula is C13H17N3O4S2. The van der Waals surface area contributed by atoms with Gasteiger partial charge in [0.1, 0.15) is 16.7 Å². The van der Waals surface area contributed by atoms with E-state index in [4.69, 9.17) is 9.84 Å². The maximum Gasteiger partial charge on any atom is 0.407 e. The van der Waals surface area contributed by atoms with E-state index in [0.717, 1.165) is 5.04 Å². The van der Waals surface area contributed by atoms with Gasteiger partial charge in [-0.25, -0.2) is 14.6 Å². The quantitative estimate of drug-likeness (QED) is 0.871.